The van der Waals surface area contributed by atoms with Gasteiger partial charge in [0.15, 0.2) is 11.5 Å². The van der Waals surface area contributed by atoms with Crippen molar-refractivity contribution < 1.29 is 12.8 Å². The third-order valence-corrected chi connectivity index (χ3v) is 3.97. The first kappa shape index (κ1) is 13.0. The first-order chi connectivity index (χ1) is 8.49. The van der Waals surface area contributed by atoms with Crippen LogP contribution in [0.1, 0.15) is 5.89 Å². The summed E-state index contributed by atoms with van der Waals surface area (Å²) in [5.74, 6) is 0.526. The molecule has 0 aliphatic carbocycles. The van der Waals surface area contributed by atoms with Gasteiger partial charge in [0.25, 0.3) is 10.2 Å². The molecular formula is C11H15N3O3S. The van der Waals surface area contributed by atoms with Crippen molar-refractivity contribution >= 4 is 21.3 Å². The molecule has 98 valence electrons. The van der Waals surface area contributed by atoms with Crippen LogP contribution in [0.15, 0.2) is 28.7 Å². The van der Waals surface area contributed by atoms with Crippen molar-refractivity contribution in [3.63, 3.8) is 0 Å². The van der Waals surface area contributed by atoms with Gasteiger partial charge in [-0.2, -0.15) is 12.7 Å². The highest BCUT2D eigenvalue weighted by atomic mass is 32.2. The predicted octanol–water partition coefficient (Wildman–Crippen LogP) is 0.766. The van der Waals surface area contributed by atoms with Crippen molar-refractivity contribution in [2.45, 2.75) is 6.42 Å². The molecule has 2 rings (SSSR count). The van der Waals surface area contributed by atoms with Gasteiger partial charge in [-0.15, -0.1) is 0 Å². The summed E-state index contributed by atoms with van der Waals surface area (Å²) in [5.41, 5.74) is 1.49. The molecule has 1 aromatic carbocycles. The predicted molar refractivity (Wildman–Crippen MR) is 68.3 cm³/mol. The van der Waals surface area contributed by atoms with Gasteiger partial charge in [-0.3, -0.25) is 0 Å². The third kappa shape index (κ3) is 2.87. The lowest BCUT2D eigenvalue weighted by Gasteiger charge is -2.11. The fraction of sp³-hybridized carbons (Fsp3) is 0.364. The SMILES string of the molecule is CN(C)S(=O)(=O)NCCc1nc2ccccc2o1. The number of aromatic nitrogens is 1. The van der Waals surface area contributed by atoms with E-state index in [-0.39, 0.29) is 6.54 Å². The number of rotatable bonds is 5. The van der Waals surface area contributed by atoms with E-state index in [2.05, 4.69) is 9.71 Å². The lowest BCUT2D eigenvalue weighted by Crippen LogP contribution is -2.36. The van der Waals surface area contributed by atoms with E-state index in [1.165, 1.54) is 14.1 Å². The van der Waals surface area contributed by atoms with Crippen LogP contribution in [0.5, 0.6) is 0 Å². The Kier molecular flexibility index (Phi) is 3.65. The molecule has 7 heteroatoms. The number of nitrogens with one attached hydrogen (secondary N) is 1. The molecule has 0 saturated carbocycles. The standard InChI is InChI=1S/C11H15N3O3S/c1-14(2)18(15,16)12-8-7-11-13-9-5-3-4-6-10(9)17-11/h3-6,12H,7-8H2,1-2H3. The molecule has 0 atom stereocenters. The van der Waals surface area contributed by atoms with Crippen LogP contribution < -0.4 is 4.72 Å². The van der Waals surface area contributed by atoms with Gasteiger partial charge < -0.3 is 4.42 Å². The molecule has 18 heavy (non-hydrogen) atoms. The lowest BCUT2D eigenvalue weighted by atomic mass is 10.3. The smallest absolute Gasteiger partial charge is 0.278 e. The molecule has 0 saturated heterocycles. The van der Waals surface area contributed by atoms with E-state index in [1.54, 1.807) is 0 Å². The van der Waals surface area contributed by atoms with Crippen LogP contribution in [0.2, 0.25) is 0 Å². The summed E-state index contributed by atoms with van der Waals surface area (Å²) in [7, 11) is -0.437. The largest absolute Gasteiger partial charge is 0.441 e. The summed E-state index contributed by atoms with van der Waals surface area (Å²) in [6.45, 7) is 0.257. The molecule has 0 spiro atoms. The quantitative estimate of drug-likeness (QED) is 0.869. The summed E-state index contributed by atoms with van der Waals surface area (Å²) >= 11 is 0. The minimum Gasteiger partial charge on any atom is -0.441 e. The van der Waals surface area contributed by atoms with Gasteiger partial charge in [-0.25, -0.2) is 9.71 Å². The van der Waals surface area contributed by atoms with Gasteiger partial charge in [-0.1, -0.05) is 12.1 Å². The highest BCUT2D eigenvalue weighted by Gasteiger charge is 2.12. The van der Waals surface area contributed by atoms with E-state index < -0.39 is 10.2 Å². The van der Waals surface area contributed by atoms with Crippen LogP contribution in [0.25, 0.3) is 11.1 Å². The number of oxazole rings is 1. The van der Waals surface area contributed by atoms with Crippen LogP contribution in [-0.2, 0) is 16.6 Å². The first-order valence-electron chi connectivity index (χ1n) is 5.50. The molecule has 1 aromatic heterocycles. The monoisotopic (exact) mass is 269 g/mol. The summed E-state index contributed by atoms with van der Waals surface area (Å²) < 4.78 is 32.0. The van der Waals surface area contributed by atoms with Crippen LogP contribution >= 0.6 is 0 Å². The number of hydrogen-bond acceptors (Lipinski definition) is 4. The van der Waals surface area contributed by atoms with E-state index >= 15 is 0 Å². The second-order valence-electron chi connectivity index (χ2n) is 4.01. The minimum atomic E-state index is -3.38. The van der Waals surface area contributed by atoms with Gasteiger partial charge in [0.2, 0.25) is 0 Å². The molecule has 0 unspecified atom stereocenters. The minimum absolute atomic E-state index is 0.257. The van der Waals surface area contributed by atoms with Crippen molar-refractivity contribution in [3.05, 3.63) is 30.2 Å². The summed E-state index contributed by atoms with van der Waals surface area (Å²) in [4.78, 5) is 4.26. The maximum Gasteiger partial charge on any atom is 0.278 e. The molecule has 1 heterocycles. The second kappa shape index (κ2) is 5.05. The fourth-order valence-corrected chi connectivity index (χ4v) is 2.06. The summed E-state index contributed by atoms with van der Waals surface area (Å²) in [5, 5.41) is 0. The molecule has 0 amide bonds. The Bertz CT molecular complexity index is 601. The Morgan fingerprint density at radius 2 is 2.06 bits per heavy atom. The van der Waals surface area contributed by atoms with Crippen molar-refractivity contribution in [2.24, 2.45) is 0 Å². The number of hydrogen-bond donors (Lipinski definition) is 1. The average molecular weight is 269 g/mol. The number of nitrogens with zero attached hydrogens (tertiary/aromatic N) is 2. The highest BCUT2D eigenvalue weighted by Crippen LogP contribution is 2.14. The van der Waals surface area contributed by atoms with Crippen LogP contribution in [-0.4, -0.2) is 38.3 Å². The Hall–Kier alpha value is -1.44. The number of fused-ring (bicyclic) bond motifs is 1. The zero-order valence-electron chi connectivity index (χ0n) is 10.3. The topological polar surface area (TPSA) is 75.4 Å². The van der Waals surface area contributed by atoms with Gasteiger partial charge in [0.05, 0.1) is 0 Å². The molecule has 6 nitrogen and oxygen atoms in total. The van der Waals surface area contributed by atoms with E-state index in [0.717, 1.165) is 9.82 Å². The Balaban J connectivity index is 1.99. The Morgan fingerprint density at radius 1 is 1.33 bits per heavy atom. The Labute approximate surface area is 106 Å². The van der Waals surface area contributed by atoms with Crippen molar-refractivity contribution in [2.75, 3.05) is 20.6 Å². The zero-order chi connectivity index (χ0) is 13.2. The first-order valence-corrected chi connectivity index (χ1v) is 6.94. The van der Waals surface area contributed by atoms with Gasteiger partial charge in [0.1, 0.15) is 5.52 Å². The van der Waals surface area contributed by atoms with Crippen molar-refractivity contribution in [3.8, 4) is 0 Å². The Morgan fingerprint density at radius 3 is 2.72 bits per heavy atom. The van der Waals surface area contributed by atoms with Gasteiger partial charge in [-0.05, 0) is 12.1 Å². The average Bonchev–Trinajstić information content (AvgIpc) is 2.70. The second-order valence-corrected chi connectivity index (χ2v) is 5.98. The molecule has 0 aliphatic heterocycles. The normalized spacial score (nSPS) is 12.4. The van der Waals surface area contributed by atoms with E-state index in [4.69, 9.17) is 4.42 Å². The van der Waals surface area contributed by atoms with E-state index in [1.807, 2.05) is 24.3 Å². The molecule has 0 bridgehead atoms. The van der Waals surface area contributed by atoms with Gasteiger partial charge >= 0.3 is 0 Å². The van der Waals surface area contributed by atoms with E-state index in [9.17, 15) is 8.42 Å². The van der Waals surface area contributed by atoms with Crippen LogP contribution in [0, 0.1) is 0 Å². The van der Waals surface area contributed by atoms with Gasteiger partial charge in [0, 0.05) is 27.1 Å². The lowest BCUT2D eigenvalue weighted by molar-refractivity contribution is 0.496. The third-order valence-electron chi connectivity index (χ3n) is 2.44. The van der Waals surface area contributed by atoms with Crippen LogP contribution in [0.4, 0.5) is 0 Å². The molecule has 1 N–H and O–H groups in total. The maximum atomic E-state index is 11.5. The molecule has 2 aromatic rings. The van der Waals surface area contributed by atoms with E-state index in [0.29, 0.717) is 17.9 Å². The molecule has 0 fully saturated rings. The summed E-state index contributed by atoms with van der Waals surface area (Å²) in [6, 6.07) is 7.43. The summed E-state index contributed by atoms with van der Waals surface area (Å²) in [6.07, 6.45) is 0.418. The molecule has 0 aliphatic rings. The van der Waals surface area contributed by atoms with Crippen LogP contribution in [0.3, 0.4) is 0 Å². The number of benzene rings is 1. The van der Waals surface area contributed by atoms with Crippen molar-refractivity contribution in [1.82, 2.24) is 14.0 Å². The molecule has 0 radical (unpaired) electrons. The zero-order valence-corrected chi connectivity index (χ0v) is 11.1. The maximum absolute atomic E-state index is 11.5. The highest BCUT2D eigenvalue weighted by molar-refractivity contribution is 7.87. The fourth-order valence-electron chi connectivity index (χ4n) is 1.44. The molecular weight excluding hydrogens is 254 g/mol. The number of para-hydroxylation sites is 2. The van der Waals surface area contributed by atoms with Crippen molar-refractivity contribution in [1.29, 1.82) is 0 Å².